The van der Waals surface area contributed by atoms with E-state index in [1.807, 2.05) is 71.1 Å². The Morgan fingerprint density at radius 3 is 2.12 bits per heavy atom. The highest BCUT2D eigenvalue weighted by Crippen LogP contribution is 2.46. The predicted molar refractivity (Wildman–Crippen MR) is 189 cm³/mol. The van der Waals surface area contributed by atoms with Crippen molar-refractivity contribution < 1.29 is 24.2 Å². The molecule has 0 aromatic rings. The van der Waals surface area contributed by atoms with Gasteiger partial charge in [0.2, 0.25) is 5.91 Å². The lowest BCUT2D eigenvalue weighted by Crippen LogP contribution is -2.45. The summed E-state index contributed by atoms with van der Waals surface area (Å²) in [7, 11) is 1.33. The maximum Gasteiger partial charge on any atom is 0.328 e. The van der Waals surface area contributed by atoms with Crippen molar-refractivity contribution in [3.05, 3.63) is 81.5 Å². The van der Waals surface area contributed by atoms with Gasteiger partial charge in [-0.05, 0) is 98.3 Å². The number of carboxylic acid groups (broad SMARTS) is 1. The smallest absolute Gasteiger partial charge is 0.328 e. The maximum atomic E-state index is 13.3. The summed E-state index contributed by atoms with van der Waals surface area (Å²) in [5.74, 6) is -1.83. The molecule has 5 aliphatic heterocycles. The Kier molecular flexibility index (Phi) is 9.94. The highest BCUT2D eigenvalue weighted by atomic mass is 16.5. The average molecular weight is 652 g/mol. The molecular formula is C38H45N5O5. The molecule has 3 atom stereocenters. The number of carboxylic acids is 1. The van der Waals surface area contributed by atoms with Crippen LogP contribution in [0.15, 0.2) is 102 Å². The van der Waals surface area contributed by atoms with E-state index in [0.717, 1.165) is 62.2 Å². The van der Waals surface area contributed by atoms with Crippen LogP contribution in [0.5, 0.6) is 0 Å². The van der Waals surface area contributed by atoms with Gasteiger partial charge in [0.25, 0.3) is 0 Å². The number of nitrogens with one attached hydrogen (secondary N) is 1. The number of nitrogens with zero attached hydrogens (tertiary/aromatic N) is 4. The molecule has 0 aliphatic carbocycles. The van der Waals surface area contributed by atoms with Gasteiger partial charge >= 0.3 is 11.9 Å². The largest absolute Gasteiger partial charge is 0.481 e. The lowest BCUT2D eigenvalue weighted by atomic mass is 9.73. The maximum absolute atomic E-state index is 13.3. The Balaban J connectivity index is 1.58. The van der Waals surface area contributed by atoms with Gasteiger partial charge in [-0.15, -0.1) is 0 Å². The summed E-state index contributed by atoms with van der Waals surface area (Å²) in [4.78, 5) is 57.3. The number of allylic oxidation sites excluding steroid dienone is 11. The molecule has 0 aromatic carbocycles. The Morgan fingerprint density at radius 1 is 0.896 bits per heavy atom. The standard InChI is InChI=1S/C38H45N5O5/c1-9-20(2)36(37(47)48-8)43-34(44)12-11-27-32-18-31-26(10-13-35(45)46)23(5)30(41-31)17-25-14-21(3)28(39-25)16-24-15-22(4)29(40-24)19-33(42-32)38(27,6)7/h14-20,27,36H,9-13H2,1-8H3,(H,43,44)(H,45,46). The summed E-state index contributed by atoms with van der Waals surface area (Å²) in [6, 6.07) is -0.723. The minimum atomic E-state index is -0.883. The minimum Gasteiger partial charge on any atom is -0.481 e. The van der Waals surface area contributed by atoms with Crippen molar-refractivity contribution in [2.75, 3.05) is 7.11 Å². The monoisotopic (exact) mass is 651 g/mol. The molecule has 0 radical (unpaired) electrons. The molecule has 5 heterocycles. The molecule has 8 bridgehead atoms. The molecule has 3 unspecified atom stereocenters. The predicted octanol–water partition coefficient (Wildman–Crippen LogP) is 6.55. The van der Waals surface area contributed by atoms with Crippen molar-refractivity contribution in [2.45, 2.75) is 86.6 Å². The van der Waals surface area contributed by atoms with Crippen molar-refractivity contribution in [1.82, 2.24) is 5.32 Å². The average Bonchev–Trinajstić information content (AvgIpc) is 3.71. The van der Waals surface area contributed by atoms with Crippen molar-refractivity contribution in [3.63, 3.8) is 0 Å². The number of esters is 1. The van der Waals surface area contributed by atoms with Gasteiger partial charge in [-0.3, -0.25) is 14.6 Å². The first-order chi connectivity index (χ1) is 22.7. The number of carbonyl (C=O) groups is 3. The zero-order chi connectivity index (χ0) is 34.9. The molecule has 2 N–H and O–H groups in total. The van der Waals surface area contributed by atoms with Crippen LogP contribution >= 0.6 is 0 Å². The molecule has 5 aliphatic rings. The normalized spacial score (nSPS) is 22.2. The fourth-order valence-electron chi connectivity index (χ4n) is 6.62. The van der Waals surface area contributed by atoms with E-state index in [4.69, 9.17) is 24.7 Å². The van der Waals surface area contributed by atoms with Gasteiger partial charge in [0, 0.05) is 35.6 Å². The van der Waals surface area contributed by atoms with Gasteiger partial charge in [0.1, 0.15) is 6.04 Å². The van der Waals surface area contributed by atoms with Crippen LogP contribution in [0, 0.1) is 17.3 Å². The van der Waals surface area contributed by atoms with E-state index < -0.39 is 23.4 Å². The van der Waals surface area contributed by atoms with Crippen LogP contribution in [0.2, 0.25) is 0 Å². The number of hydrogen-bond donors (Lipinski definition) is 2. The van der Waals surface area contributed by atoms with Crippen LogP contribution < -0.4 is 5.32 Å². The molecule has 5 rings (SSSR count). The summed E-state index contributed by atoms with van der Waals surface area (Å²) in [5, 5.41) is 12.4. The van der Waals surface area contributed by atoms with E-state index in [1.54, 1.807) is 0 Å². The lowest BCUT2D eigenvalue weighted by molar-refractivity contribution is -0.146. The zero-order valence-electron chi connectivity index (χ0n) is 29.1. The zero-order valence-corrected chi connectivity index (χ0v) is 29.1. The Hall–Kier alpha value is -4.73. The van der Waals surface area contributed by atoms with E-state index in [1.165, 1.54) is 7.11 Å². The lowest BCUT2D eigenvalue weighted by Gasteiger charge is -2.29. The summed E-state index contributed by atoms with van der Waals surface area (Å²) in [6.07, 6.45) is 13.6. The second-order valence-corrected chi connectivity index (χ2v) is 13.6. The number of ether oxygens (including phenoxy) is 1. The third kappa shape index (κ3) is 7.07. The van der Waals surface area contributed by atoms with Gasteiger partial charge < -0.3 is 15.2 Å². The molecule has 252 valence electrons. The van der Waals surface area contributed by atoms with E-state index in [-0.39, 0.29) is 30.6 Å². The minimum absolute atomic E-state index is 0.0338. The van der Waals surface area contributed by atoms with Gasteiger partial charge in [-0.25, -0.2) is 19.8 Å². The van der Waals surface area contributed by atoms with E-state index in [0.29, 0.717) is 25.0 Å². The second kappa shape index (κ2) is 13.8. The molecule has 0 saturated carbocycles. The number of methoxy groups -OCH3 is 1. The number of fused-ring (bicyclic) bond motifs is 4. The topological polar surface area (TPSA) is 142 Å². The molecule has 0 fully saturated rings. The number of rotatable bonds is 10. The van der Waals surface area contributed by atoms with Crippen molar-refractivity contribution in [1.29, 1.82) is 0 Å². The van der Waals surface area contributed by atoms with E-state index >= 15 is 0 Å². The third-order valence-corrected chi connectivity index (χ3v) is 9.92. The number of hydrogen-bond acceptors (Lipinski definition) is 8. The Labute approximate surface area is 282 Å². The van der Waals surface area contributed by atoms with Crippen molar-refractivity contribution in [2.24, 2.45) is 37.2 Å². The first kappa shape index (κ1) is 34.6. The number of carbonyl (C=O) groups excluding carboxylic acids is 2. The Bertz CT molecular complexity index is 1800. The van der Waals surface area contributed by atoms with Crippen LogP contribution in [0.3, 0.4) is 0 Å². The van der Waals surface area contributed by atoms with Crippen LogP contribution in [-0.2, 0) is 19.1 Å². The molecule has 0 saturated heterocycles. The van der Waals surface area contributed by atoms with Gasteiger partial charge in [-0.2, -0.15) is 0 Å². The first-order valence-corrected chi connectivity index (χ1v) is 16.6. The van der Waals surface area contributed by atoms with Crippen LogP contribution in [0.4, 0.5) is 0 Å². The summed E-state index contributed by atoms with van der Waals surface area (Å²) < 4.78 is 4.97. The van der Waals surface area contributed by atoms with Gasteiger partial charge in [0.15, 0.2) is 0 Å². The second-order valence-electron chi connectivity index (χ2n) is 13.6. The summed E-state index contributed by atoms with van der Waals surface area (Å²) in [5.41, 5.74) is 9.51. The van der Waals surface area contributed by atoms with E-state index in [9.17, 15) is 19.5 Å². The van der Waals surface area contributed by atoms with Crippen LogP contribution in [0.1, 0.15) is 80.6 Å². The molecule has 0 aromatic heterocycles. The molecular weight excluding hydrogens is 606 g/mol. The molecule has 10 heteroatoms. The highest BCUT2D eigenvalue weighted by Gasteiger charge is 2.42. The highest BCUT2D eigenvalue weighted by molar-refractivity contribution is 6.17. The third-order valence-electron chi connectivity index (χ3n) is 9.92. The molecule has 0 spiro atoms. The molecule has 10 nitrogen and oxygen atoms in total. The summed E-state index contributed by atoms with van der Waals surface area (Å²) >= 11 is 0. The number of aliphatic imine (C=N–C) groups is 4. The quantitative estimate of drug-likeness (QED) is 0.258. The molecule has 1 amide bonds. The fraction of sp³-hybridized carbons (Fsp3) is 0.447. The van der Waals surface area contributed by atoms with Gasteiger partial charge in [0.05, 0.1) is 41.3 Å². The summed E-state index contributed by atoms with van der Waals surface area (Å²) in [6.45, 7) is 14.1. The SMILES string of the molecule is CCC(C)C(NC(=O)CCC1C2=NC(=CC3=NC(=CC4=NC(=CC5=NC(=C2)C(CCC(=O)O)=C5C)C=C4C)C=C3C)C1(C)C)C(=O)OC. The van der Waals surface area contributed by atoms with Crippen molar-refractivity contribution >= 4 is 40.7 Å². The van der Waals surface area contributed by atoms with Gasteiger partial charge in [-0.1, -0.05) is 34.1 Å². The van der Waals surface area contributed by atoms with E-state index in [2.05, 4.69) is 19.2 Å². The first-order valence-electron chi connectivity index (χ1n) is 16.6. The van der Waals surface area contributed by atoms with Crippen LogP contribution in [0.25, 0.3) is 0 Å². The number of aliphatic carboxylic acids is 1. The van der Waals surface area contributed by atoms with Crippen LogP contribution in [-0.4, -0.2) is 59.0 Å². The Morgan fingerprint density at radius 2 is 1.52 bits per heavy atom. The fourth-order valence-corrected chi connectivity index (χ4v) is 6.62. The van der Waals surface area contributed by atoms with Crippen molar-refractivity contribution in [3.8, 4) is 0 Å². The number of amides is 1. The molecule has 48 heavy (non-hydrogen) atoms.